The molecule has 0 saturated carbocycles. The van der Waals surface area contributed by atoms with Gasteiger partial charge in [0.2, 0.25) is 5.91 Å². The van der Waals surface area contributed by atoms with E-state index in [0.717, 1.165) is 30.5 Å². The number of urea groups is 1. The lowest BCUT2D eigenvalue weighted by Crippen LogP contribution is -2.53. The summed E-state index contributed by atoms with van der Waals surface area (Å²) in [6, 6.07) is 5.31. The van der Waals surface area contributed by atoms with Gasteiger partial charge in [0.1, 0.15) is 5.69 Å². The Morgan fingerprint density at radius 1 is 1.07 bits per heavy atom. The van der Waals surface area contributed by atoms with Crippen LogP contribution in [0.25, 0.3) is 5.57 Å². The highest BCUT2D eigenvalue weighted by atomic mass is 19.4. The molecule has 2 heterocycles. The number of allylic oxidation sites excluding steroid dienone is 2. The van der Waals surface area contributed by atoms with E-state index >= 15 is 0 Å². The molecule has 3 amide bonds. The molecule has 0 radical (unpaired) electrons. The number of halogens is 6. The number of aliphatic hydroxyl groups is 1. The van der Waals surface area contributed by atoms with Crippen LogP contribution in [0.2, 0.25) is 0 Å². The Morgan fingerprint density at radius 3 is 2.37 bits per heavy atom. The van der Waals surface area contributed by atoms with Crippen LogP contribution in [0.15, 0.2) is 60.3 Å². The van der Waals surface area contributed by atoms with Crippen molar-refractivity contribution >= 4 is 17.5 Å². The molecule has 2 aromatic rings. The van der Waals surface area contributed by atoms with Gasteiger partial charge in [-0.1, -0.05) is 35.9 Å². The largest absolute Gasteiger partial charge is 0.433 e. The summed E-state index contributed by atoms with van der Waals surface area (Å²) in [7, 11) is 0. The number of alkyl halides is 6. The Balaban J connectivity index is 1.65. The van der Waals surface area contributed by atoms with Gasteiger partial charge in [-0.25, -0.2) is 4.79 Å². The molecule has 43 heavy (non-hydrogen) atoms. The Bertz CT molecular complexity index is 1410. The number of nitrogens with zero attached hydrogens (tertiary/aromatic N) is 2. The van der Waals surface area contributed by atoms with Crippen molar-refractivity contribution in [3.63, 3.8) is 0 Å². The number of fused-ring (bicyclic) bond motifs is 1. The number of carbonyl (C=O) groups excluding carboxylic acids is 2. The maximum Gasteiger partial charge on any atom is 0.433 e. The number of aromatic nitrogens is 1. The smallest absolute Gasteiger partial charge is 0.394 e. The van der Waals surface area contributed by atoms with Gasteiger partial charge < -0.3 is 20.6 Å². The Morgan fingerprint density at radius 2 is 1.79 bits per heavy atom. The molecule has 3 N–H and O–H groups in total. The van der Waals surface area contributed by atoms with Gasteiger partial charge >= 0.3 is 18.4 Å². The summed E-state index contributed by atoms with van der Waals surface area (Å²) in [6.45, 7) is 5.19. The zero-order valence-electron chi connectivity index (χ0n) is 23.7. The second-order valence-corrected chi connectivity index (χ2v) is 11.6. The summed E-state index contributed by atoms with van der Waals surface area (Å²) in [5.74, 6) is -2.07. The van der Waals surface area contributed by atoms with Gasteiger partial charge in [-0.15, -0.1) is 0 Å². The number of carbonyl (C=O) groups is 2. The van der Waals surface area contributed by atoms with Gasteiger partial charge in [0.05, 0.1) is 24.1 Å². The summed E-state index contributed by atoms with van der Waals surface area (Å²) in [5.41, 5.74) is -0.771. The predicted molar refractivity (Wildman–Crippen MR) is 146 cm³/mol. The fourth-order valence-corrected chi connectivity index (χ4v) is 5.27. The average Bonchev–Trinajstić information content (AvgIpc) is 2.93. The van der Waals surface area contributed by atoms with Crippen LogP contribution in [-0.4, -0.2) is 52.2 Å². The summed E-state index contributed by atoms with van der Waals surface area (Å²) in [6.07, 6.45) is -4.85. The Hall–Kier alpha value is -3.87. The van der Waals surface area contributed by atoms with E-state index in [4.69, 9.17) is 0 Å². The second-order valence-electron chi connectivity index (χ2n) is 11.6. The molecule has 1 aliphatic heterocycles. The highest BCUT2D eigenvalue weighted by molar-refractivity contribution is 5.87. The van der Waals surface area contributed by atoms with Crippen molar-refractivity contribution in [1.29, 1.82) is 0 Å². The van der Waals surface area contributed by atoms with Crippen LogP contribution < -0.4 is 10.6 Å². The number of pyridine rings is 1. The fourth-order valence-electron chi connectivity index (χ4n) is 5.27. The molecule has 2 aliphatic rings. The van der Waals surface area contributed by atoms with Gasteiger partial charge in [-0.05, 0) is 62.1 Å². The maximum absolute atomic E-state index is 13.6. The number of hydrogen-bond acceptors (Lipinski definition) is 4. The van der Waals surface area contributed by atoms with E-state index in [1.165, 1.54) is 6.07 Å². The predicted octanol–water partition coefficient (Wildman–Crippen LogP) is 5.74. The standard InChI is InChI=1S/C30H32F6N4O3/c1-28(2,3)39-27(43)40-12-11-21-20(17-5-4-6-19(13-17)29(31,32)33)8-9-22(23(21)15-40)26(42)38-24(16-41)18-7-10-25(37-14-18)30(34,35)36/h4-10,13-14,22-24,41H,11-12,15-16H2,1-3H3,(H,38,42)(H,39,43)/t22-,23?,24-/m0/s1. The number of aliphatic hydroxyl groups excluding tert-OH is 1. The number of amides is 3. The molecule has 3 atom stereocenters. The minimum Gasteiger partial charge on any atom is -0.394 e. The lowest BCUT2D eigenvalue weighted by Gasteiger charge is -2.41. The summed E-state index contributed by atoms with van der Waals surface area (Å²) in [5, 5.41) is 15.5. The number of nitrogens with one attached hydrogen (secondary N) is 2. The van der Waals surface area contributed by atoms with Gasteiger partial charge in [0.25, 0.3) is 0 Å². The summed E-state index contributed by atoms with van der Waals surface area (Å²) < 4.78 is 79.2. The average molecular weight is 611 g/mol. The molecule has 13 heteroatoms. The first kappa shape index (κ1) is 32.1. The zero-order valence-corrected chi connectivity index (χ0v) is 23.7. The van der Waals surface area contributed by atoms with Crippen LogP contribution in [0.5, 0.6) is 0 Å². The van der Waals surface area contributed by atoms with Crippen molar-refractivity contribution < 1.29 is 41.0 Å². The van der Waals surface area contributed by atoms with Crippen molar-refractivity contribution in [3.8, 4) is 0 Å². The molecule has 0 bridgehead atoms. The van der Waals surface area contributed by atoms with Gasteiger partial charge in [-0.3, -0.25) is 9.78 Å². The number of hydrogen-bond donors (Lipinski definition) is 3. The number of rotatable bonds is 5. The first-order valence-electron chi connectivity index (χ1n) is 13.6. The lowest BCUT2D eigenvalue weighted by atomic mass is 9.73. The normalized spacial score (nSPS) is 20.0. The molecule has 4 rings (SSSR count). The quantitative estimate of drug-likeness (QED) is 0.377. The highest BCUT2D eigenvalue weighted by Gasteiger charge is 2.40. The molecule has 7 nitrogen and oxygen atoms in total. The number of benzene rings is 1. The van der Waals surface area contributed by atoms with E-state index in [0.29, 0.717) is 23.1 Å². The fraction of sp³-hybridized carbons (Fsp3) is 0.433. The minimum absolute atomic E-state index is 0.0910. The van der Waals surface area contributed by atoms with Crippen molar-refractivity contribution in [2.45, 2.75) is 51.1 Å². The third-order valence-corrected chi connectivity index (χ3v) is 7.32. The summed E-state index contributed by atoms with van der Waals surface area (Å²) in [4.78, 5) is 31.5. The first-order chi connectivity index (χ1) is 20.0. The topological polar surface area (TPSA) is 94.6 Å². The van der Waals surface area contributed by atoms with Crippen molar-refractivity contribution in [2.75, 3.05) is 19.7 Å². The van der Waals surface area contributed by atoms with Gasteiger partial charge in [-0.2, -0.15) is 26.3 Å². The van der Waals surface area contributed by atoms with Crippen LogP contribution in [0.1, 0.15) is 55.6 Å². The van der Waals surface area contributed by atoms with Crippen molar-refractivity contribution in [2.24, 2.45) is 11.8 Å². The highest BCUT2D eigenvalue weighted by Crippen LogP contribution is 2.41. The molecule has 0 spiro atoms. The summed E-state index contributed by atoms with van der Waals surface area (Å²) >= 11 is 0. The molecular weight excluding hydrogens is 578 g/mol. The minimum atomic E-state index is -4.66. The van der Waals surface area contributed by atoms with Crippen molar-refractivity contribution in [3.05, 3.63) is 82.7 Å². The van der Waals surface area contributed by atoms with Gasteiger partial charge in [0.15, 0.2) is 0 Å². The maximum atomic E-state index is 13.6. The van der Waals surface area contributed by atoms with Gasteiger partial charge in [0, 0.05) is 30.7 Å². The Kier molecular flexibility index (Phi) is 8.96. The molecular formula is C30H32F6N4O3. The molecule has 232 valence electrons. The molecule has 1 saturated heterocycles. The van der Waals surface area contributed by atoms with Crippen LogP contribution in [0.4, 0.5) is 31.1 Å². The lowest BCUT2D eigenvalue weighted by molar-refractivity contribution is -0.141. The van der Waals surface area contributed by atoms with E-state index in [1.807, 2.05) is 20.8 Å². The van der Waals surface area contributed by atoms with E-state index < -0.39 is 59.5 Å². The zero-order chi connectivity index (χ0) is 31.7. The SMILES string of the molecule is CC(C)(C)NC(=O)N1CCC2=C(c3cccc(C(F)(F)F)c3)C=C[C@H](C(=O)N[C@@H](CO)c3ccc(C(F)(F)F)nc3)C2C1. The van der Waals surface area contributed by atoms with Crippen LogP contribution in [-0.2, 0) is 17.1 Å². The third kappa shape index (κ3) is 7.56. The molecule has 1 unspecified atom stereocenters. The van der Waals surface area contributed by atoms with E-state index in [1.54, 1.807) is 23.1 Å². The molecule has 1 aromatic carbocycles. The second kappa shape index (κ2) is 12.0. The van der Waals surface area contributed by atoms with Crippen LogP contribution >= 0.6 is 0 Å². The molecule has 1 aromatic heterocycles. The molecule has 1 aliphatic carbocycles. The monoisotopic (exact) mass is 610 g/mol. The van der Waals surface area contributed by atoms with E-state index in [-0.39, 0.29) is 24.7 Å². The van der Waals surface area contributed by atoms with Crippen molar-refractivity contribution in [1.82, 2.24) is 20.5 Å². The molecule has 1 fully saturated rings. The Labute approximate surface area is 244 Å². The van der Waals surface area contributed by atoms with E-state index in [9.17, 15) is 41.0 Å². The third-order valence-electron chi connectivity index (χ3n) is 7.32. The van der Waals surface area contributed by atoms with Crippen LogP contribution in [0, 0.1) is 11.8 Å². The first-order valence-corrected chi connectivity index (χ1v) is 13.6. The number of piperidine rings is 1. The van der Waals surface area contributed by atoms with E-state index in [2.05, 4.69) is 15.6 Å². The van der Waals surface area contributed by atoms with Crippen LogP contribution in [0.3, 0.4) is 0 Å². The number of likely N-dealkylation sites (tertiary alicyclic amines) is 1.